The van der Waals surface area contributed by atoms with Gasteiger partial charge in [-0.3, -0.25) is 4.79 Å². The van der Waals surface area contributed by atoms with Crippen molar-refractivity contribution < 1.29 is 18.1 Å². The molecule has 24 heavy (non-hydrogen) atoms. The van der Waals surface area contributed by atoms with Crippen molar-refractivity contribution in [2.24, 2.45) is 5.41 Å². The third-order valence-electron chi connectivity index (χ3n) is 4.35. The number of benzene rings is 1. The fraction of sp³-hybridized carbons (Fsp3) is 0.471. The minimum Gasteiger partial charge on any atom is -0.352 e. The van der Waals surface area contributed by atoms with Crippen LogP contribution in [-0.2, 0) is 24.2 Å². The van der Waals surface area contributed by atoms with Crippen LogP contribution in [0.2, 0.25) is 0 Å². The average molecular weight is 335 g/mol. The first kappa shape index (κ1) is 16.5. The lowest BCUT2D eigenvalue weighted by Crippen LogP contribution is -2.25. The molecular weight excluding hydrogens is 316 g/mol. The molecule has 0 saturated heterocycles. The van der Waals surface area contributed by atoms with Crippen molar-refractivity contribution in [3.8, 4) is 0 Å². The number of rotatable bonds is 7. The van der Waals surface area contributed by atoms with Gasteiger partial charge in [0.05, 0.1) is 6.42 Å². The highest BCUT2D eigenvalue weighted by Gasteiger charge is 2.36. The lowest BCUT2D eigenvalue weighted by Gasteiger charge is -2.04. The number of hydrogen-bond acceptors (Lipinski definition) is 4. The van der Waals surface area contributed by atoms with E-state index in [0.29, 0.717) is 22.7 Å². The Morgan fingerprint density at radius 3 is 2.83 bits per heavy atom. The number of carbonyl (C=O) groups excluding carboxylic acids is 1. The van der Waals surface area contributed by atoms with Crippen molar-refractivity contribution in [1.82, 2.24) is 15.5 Å². The highest BCUT2D eigenvalue weighted by Crippen LogP contribution is 2.48. The molecule has 1 aromatic heterocycles. The van der Waals surface area contributed by atoms with Crippen LogP contribution < -0.4 is 5.32 Å². The topological polar surface area (TPSA) is 68.0 Å². The van der Waals surface area contributed by atoms with Gasteiger partial charge in [0, 0.05) is 13.0 Å². The number of carbonyl (C=O) groups is 1. The fourth-order valence-electron chi connectivity index (χ4n) is 2.39. The summed E-state index contributed by atoms with van der Waals surface area (Å²) in [6, 6.07) is 3.51. The van der Waals surface area contributed by atoms with Gasteiger partial charge in [0.25, 0.3) is 0 Å². The second kappa shape index (κ2) is 6.67. The van der Waals surface area contributed by atoms with Crippen LogP contribution >= 0.6 is 0 Å². The smallest absolute Gasteiger partial charge is 0.228 e. The maximum atomic E-state index is 13.1. The molecular formula is C17H19F2N3O2. The van der Waals surface area contributed by atoms with Gasteiger partial charge in [-0.25, -0.2) is 8.78 Å². The van der Waals surface area contributed by atoms with Crippen molar-refractivity contribution in [3.05, 3.63) is 47.1 Å². The van der Waals surface area contributed by atoms with Gasteiger partial charge in [0.15, 0.2) is 17.5 Å². The van der Waals surface area contributed by atoms with Crippen molar-refractivity contribution in [3.63, 3.8) is 0 Å². The van der Waals surface area contributed by atoms with Crippen LogP contribution in [0.5, 0.6) is 0 Å². The predicted molar refractivity (Wildman–Crippen MR) is 81.9 cm³/mol. The van der Waals surface area contributed by atoms with E-state index in [1.165, 1.54) is 18.9 Å². The molecule has 128 valence electrons. The summed E-state index contributed by atoms with van der Waals surface area (Å²) < 4.78 is 31.1. The van der Waals surface area contributed by atoms with Crippen LogP contribution in [0.4, 0.5) is 8.78 Å². The Morgan fingerprint density at radius 1 is 1.33 bits per heavy atom. The molecule has 1 heterocycles. The maximum absolute atomic E-state index is 13.1. The highest BCUT2D eigenvalue weighted by atomic mass is 19.2. The molecule has 7 heteroatoms. The first-order chi connectivity index (χ1) is 11.4. The first-order valence-corrected chi connectivity index (χ1v) is 7.96. The SMILES string of the molecule is CC1(CCc2nc(CC(=O)NCc3ccc(F)c(F)c3)no2)CC1. The Balaban J connectivity index is 1.46. The van der Waals surface area contributed by atoms with Gasteiger partial charge in [0.1, 0.15) is 0 Å². The Bertz CT molecular complexity index is 741. The normalized spacial score (nSPS) is 15.3. The van der Waals surface area contributed by atoms with E-state index in [1.54, 1.807) is 0 Å². The zero-order valence-corrected chi connectivity index (χ0v) is 13.4. The summed E-state index contributed by atoms with van der Waals surface area (Å²) in [6.45, 7) is 2.34. The zero-order valence-electron chi connectivity index (χ0n) is 13.4. The number of hydrogen-bond donors (Lipinski definition) is 1. The van der Waals surface area contributed by atoms with E-state index in [1.807, 2.05) is 0 Å². The Hall–Kier alpha value is -2.31. The number of halogens is 2. The lowest BCUT2D eigenvalue weighted by molar-refractivity contribution is -0.120. The quantitative estimate of drug-likeness (QED) is 0.845. The molecule has 0 atom stereocenters. The monoisotopic (exact) mass is 335 g/mol. The van der Waals surface area contributed by atoms with Crippen LogP contribution in [0.3, 0.4) is 0 Å². The zero-order chi connectivity index (χ0) is 17.2. The number of nitrogens with zero attached hydrogens (tertiary/aromatic N) is 2. The van der Waals surface area contributed by atoms with Gasteiger partial charge in [0.2, 0.25) is 11.8 Å². The molecule has 0 unspecified atom stereocenters. The average Bonchev–Trinajstić information content (AvgIpc) is 3.12. The molecule has 1 aliphatic carbocycles. The van der Waals surface area contributed by atoms with Crippen LogP contribution in [0.15, 0.2) is 22.7 Å². The molecule has 0 bridgehead atoms. The molecule has 1 aliphatic rings. The summed E-state index contributed by atoms with van der Waals surface area (Å²) in [6.07, 6.45) is 4.20. The van der Waals surface area contributed by atoms with E-state index >= 15 is 0 Å². The number of aryl methyl sites for hydroxylation is 1. The summed E-state index contributed by atoms with van der Waals surface area (Å²) in [5, 5.41) is 6.42. The van der Waals surface area contributed by atoms with E-state index in [0.717, 1.165) is 25.0 Å². The minimum absolute atomic E-state index is 0.00948. The van der Waals surface area contributed by atoms with Gasteiger partial charge in [-0.1, -0.05) is 18.1 Å². The van der Waals surface area contributed by atoms with Crippen molar-refractivity contribution >= 4 is 5.91 Å². The Labute approximate surface area is 138 Å². The second-order valence-corrected chi connectivity index (χ2v) is 6.62. The fourth-order valence-corrected chi connectivity index (χ4v) is 2.39. The van der Waals surface area contributed by atoms with Gasteiger partial charge in [-0.05, 0) is 42.4 Å². The number of nitrogens with one attached hydrogen (secondary N) is 1. The molecule has 3 rings (SSSR count). The van der Waals surface area contributed by atoms with Crippen molar-refractivity contribution in [1.29, 1.82) is 0 Å². The molecule has 0 spiro atoms. The first-order valence-electron chi connectivity index (χ1n) is 7.96. The molecule has 2 aromatic rings. The molecule has 1 N–H and O–H groups in total. The van der Waals surface area contributed by atoms with E-state index in [2.05, 4.69) is 22.4 Å². The van der Waals surface area contributed by atoms with E-state index in [-0.39, 0.29) is 18.9 Å². The van der Waals surface area contributed by atoms with E-state index < -0.39 is 11.6 Å². The lowest BCUT2D eigenvalue weighted by atomic mass is 10.0. The van der Waals surface area contributed by atoms with Gasteiger partial charge < -0.3 is 9.84 Å². The Morgan fingerprint density at radius 2 is 2.12 bits per heavy atom. The summed E-state index contributed by atoms with van der Waals surface area (Å²) in [7, 11) is 0. The molecule has 1 amide bonds. The molecule has 1 saturated carbocycles. The number of aromatic nitrogens is 2. The van der Waals surface area contributed by atoms with Crippen LogP contribution in [0.1, 0.15) is 43.5 Å². The number of amides is 1. The van der Waals surface area contributed by atoms with Gasteiger partial charge in [-0.2, -0.15) is 4.98 Å². The summed E-state index contributed by atoms with van der Waals surface area (Å²) in [4.78, 5) is 16.1. The molecule has 0 aliphatic heterocycles. The predicted octanol–water partition coefficient (Wildman–Crippen LogP) is 2.94. The van der Waals surface area contributed by atoms with E-state index in [4.69, 9.17) is 4.52 Å². The minimum atomic E-state index is -0.936. The molecule has 1 aromatic carbocycles. The van der Waals surface area contributed by atoms with Crippen molar-refractivity contribution in [2.75, 3.05) is 0 Å². The van der Waals surface area contributed by atoms with Crippen LogP contribution in [-0.4, -0.2) is 16.0 Å². The van der Waals surface area contributed by atoms with Gasteiger partial charge in [-0.15, -0.1) is 0 Å². The summed E-state index contributed by atoms with van der Waals surface area (Å²) >= 11 is 0. The van der Waals surface area contributed by atoms with Crippen LogP contribution in [0.25, 0.3) is 0 Å². The summed E-state index contributed by atoms with van der Waals surface area (Å²) in [5.74, 6) is -1.28. The van der Waals surface area contributed by atoms with Crippen molar-refractivity contribution in [2.45, 2.75) is 45.6 Å². The largest absolute Gasteiger partial charge is 0.352 e. The molecule has 0 radical (unpaired) electrons. The maximum Gasteiger partial charge on any atom is 0.228 e. The third-order valence-corrected chi connectivity index (χ3v) is 4.35. The molecule has 5 nitrogen and oxygen atoms in total. The summed E-state index contributed by atoms with van der Waals surface area (Å²) in [5.41, 5.74) is 0.893. The standard InChI is InChI=1S/C17H19F2N3O2/c1-17(6-7-17)5-4-16-21-14(22-24-16)9-15(23)20-10-11-2-3-12(18)13(19)8-11/h2-3,8H,4-7,9-10H2,1H3,(H,20,23). The molecule has 1 fully saturated rings. The second-order valence-electron chi connectivity index (χ2n) is 6.62. The van der Waals surface area contributed by atoms with E-state index in [9.17, 15) is 13.6 Å². The van der Waals surface area contributed by atoms with Crippen LogP contribution in [0, 0.1) is 17.0 Å². The third kappa shape index (κ3) is 4.37. The highest BCUT2D eigenvalue weighted by molar-refractivity contribution is 5.77. The van der Waals surface area contributed by atoms with Gasteiger partial charge >= 0.3 is 0 Å². The Kier molecular flexibility index (Phi) is 4.59.